The van der Waals surface area contributed by atoms with Crippen molar-refractivity contribution < 1.29 is 19.1 Å². The Hall–Kier alpha value is -6.49. The van der Waals surface area contributed by atoms with Crippen molar-refractivity contribution in [1.29, 1.82) is 10.8 Å². The van der Waals surface area contributed by atoms with Gasteiger partial charge in [0.1, 0.15) is 11.6 Å². The van der Waals surface area contributed by atoms with Crippen molar-refractivity contribution in [3.05, 3.63) is 131 Å². The van der Waals surface area contributed by atoms with Gasteiger partial charge in [0, 0.05) is 33.8 Å². The van der Waals surface area contributed by atoms with Crippen molar-refractivity contribution in [2.24, 2.45) is 11.5 Å². The first-order chi connectivity index (χ1) is 21.1. The average molecular weight is 586 g/mol. The number of carbonyl (C=O) groups excluding carboxylic acids is 3. The highest BCUT2D eigenvalue weighted by molar-refractivity contribution is 6.07. The van der Waals surface area contributed by atoms with Crippen LogP contribution in [0.25, 0.3) is 10.8 Å². The van der Waals surface area contributed by atoms with Gasteiger partial charge in [-0.1, -0.05) is 18.2 Å². The van der Waals surface area contributed by atoms with E-state index in [9.17, 15) is 14.4 Å². The van der Waals surface area contributed by atoms with Gasteiger partial charge < -0.3 is 32.2 Å². The van der Waals surface area contributed by atoms with Crippen molar-refractivity contribution >= 4 is 57.4 Å². The van der Waals surface area contributed by atoms with Crippen LogP contribution in [0.2, 0.25) is 0 Å². The molecule has 2 amide bonds. The maximum absolute atomic E-state index is 12.8. The number of carbonyl (C=O) groups is 3. The Kier molecular flexibility index (Phi) is 8.29. The van der Waals surface area contributed by atoms with E-state index in [0.717, 1.165) is 10.8 Å². The maximum Gasteiger partial charge on any atom is 0.343 e. The van der Waals surface area contributed by atoms with E-state index in [1.165, 1.54) is 0 Å². The number of hydrogen-bond acceptors (Lipinski definition) is 6. The molecule has 0 aliphatic carbocycles. The lowest BCUT2D eigenvalue weighted by atomic mass is 10.1. The first kappa shape index (κ1) is 29.0. The lowest BCUT2D eigenvalue weighted by Crippen LogP contribution is -2.20. The molecule has 0 fully saturated rings. The summed E-state index contributed by atoms with van der Waals surface area (Å²) in [5.74, 6) is -1.10. The molecule has 0 aliphatic heterocycles. The molecule has 11 nitrogen and oxygen atoms in total. The number of ether oxygens (including phenoxy) is 1. The van der Waals surface area contributed by atoms with Crippen LogP contribution in [0.5, 0.6) is 5.75 Å². The standard InChI is InChI=1S/C33H27N7O4/c34-29(35)24-2-1-23-18-28(16-9-22(23)17-24)44-32(43)21-7-14-26(15-8-21)39-30(41)19-3-10-25(11-4-19)38-31(42)20-5-12-27(13-6-20)40-33(36)37/h1-18H,(H3,34,35)(H,38,42)(H,39,41)(H4,36,37,40). The third-order valence-electron chi connectivity index (χ3n) is 6.54. The van der Waals surface area contributed by atoms with Crippen molar-refractivity contribution in [2.45, 2.75) is 0 Å². The summed E-state index contributed by atoms with van der Waals surface area (Å²) in [5, 5.41) is 24.7. The number of guanidine groups is 1. The number of amidine groups is 1. The van der Waals surface area contributed by atoms with Gasteiger partial charge in [-0.3, -0.25) is 20.4 Å². The Morgan fingerprint density at radius 2 is 0.955 bits per heavy atom. The Bertz CT molecular complexity index is 1900. The molecule has 9 N–H and O–H groups in total. The minimum absolute atomic E-state index is 0.0223. The lowest BCUT2D eigenvalue weighted by Gasteiger charge is -2.09. The maximum atomic E-state index is 12.8. The zero-order valence-corrected chi connectivity index (χ0v) is 23.2. The number of fused-ring (bicyclic) bond motifs is 1. The smallest absolute Gasteiger partial charge is 0.343 e. The summed E-state index contributed by atoms with van der Waals surface area (Å²) in [5.41, 5.74) is 14.1. The minimum atomic E-state index is -0.552. The summed E-state index contributed by atoms with van der Waals surface area (Å²) in [7, 11) is 0. The SMILES string of the molecule is N=C(N)Nc1ccc(C(=O)Nc2ccc(C(=O)Nc3ccc(C(=O)Oc4ccc5cc(C(=N)N)ccc5c4)cc3)cc2)cc1. The number of hydrogen-bond donors (Lipinski definition) is 7. The zero-order valence-electron chi connectivity index (χ0n) is 23.2. The number of nitrogens with one attached hydrogen (secondary N) is 5. The van der Waals surface area contributed by atoms with Crippen LogP contribution < -0.4 is 32.2 Å². The van der Waals surface area contributed by atoms with E-state index in [0.29, 0.717) is 45.1 Å². The summed E-state index contributed by atoms with van der Waals surface area (Å²) in [6.07, 6.45) is 0. The number of nitrogen functional groups attached to an aromatic ring is 1. The van der Waals surface area contributed by atoms with E-state index in [1.807, 2.05) is 0 Å². The lowest BCUT2D eigenvalue weighted by molar-refractivity contribution is 0.0734. The van der Waals surface area contributed by atoms with Gasteiger partial charge in [0.2, 0.25) is 0 Å². The molecule has 0 radical (unpaired) electrons. The minimum Gasteiger partial charge on any atom is -0.423 e. The molecule has 5 aromatic carbocycles. The summed E-state index contributed by atoms with van der Waals surface area (Å²) in [6.45, 7) is 0. The van der Waals surface area contributed by atoms with Crippen LogP contribution in [0.15, 0.2) is 109 Å². The summed E-state index contributed by atoms with van der Waals surface area (Å²) < 4.78 is 5.52. The molecular formula is C33H27N7O4. The molecule has 44 heavy (non-hydrogen) atoms. The third-order valence-corrected chi connectivity index (χ3v) is 6.54. The van der Waals surface area contributed by atoms with Gasteiger partial charge in [-0.25, -0.2) is 4.79 Å². The van der Waals surface area contributed by atoms with Crippen LogP contribution in [0.4, 0.5) is 17.1 Å². The largest absolute Gasteiger partial charge is 0.423 e. The second-order valence-corrected chi connectivity index (χ2v) is 9.71. The molecule has 5 rings (SSSR count). The first-order valence-corrected chi connectivity index (χ1v) is 13.3. The van der Waals surface area contributed by atoms with Crippen LogP contribution in [0, 0.1) is 10.8 Å². The van der Waals surface area contributed by atoms with E-state index in [4.69, 9.17) is 27.0 Å². The van der Waals surface area contributed by atoms with Gasteiger partial charge in [0.25, 0.3) is 11.8 Å². The van der Waals surface area contributed by atoms with Crippen LogP contribution in [0.1, 0.15) is 36.6 Å². The molecule has 0 unspecified atom stereocenters. The molecule has 0 spiro atoms. The van der Waals surface area contributed by atoms with Crippen molar-refractivity contribution in [3.63, 3.8) is 0 Å². The van der Waals surface area contributed by atoms with Gasteiger partial charge in [-0.2, -0.15) is 0 Å². The number of benzene rings is 5. The van der Waals surface area contributed by atoms with Crippen LogP contribution >= 0.6 is 0 Å². The van der Waals surface area contributed by atoms with E-state index in [-0.39, 0.29) is 23.6 Å². The fourth-order valence-corrected chi connectivity index (χ4v) is 4.28. The van der Waals surface area contributed by atoms with Crippen molar-refractivity contribution in [1.82, 2.24) is 0 Å². The molecule has 0 atom stereocenters. The fraction of sp³-hybridized carbons (Fsp3) is 0. The monoisotopic (exact) mass is 585 g/mol. The fourth-order valence-electron chi connectivity index (χ4n) is 4.28. The van der Waals surface area contributed by atoms with Crippen LogP contribution in [-0.2, 0) is 0 Å². The quantitative estimate of drug-likeness (QED) is 0.0565. The van der Waals surface area contributed by atoms with Crippen molar-refractivity contribution in [2.75, 3.05) is 16.0 Å². The summed E-state index contributed by atoms with van der Waals surface area (Å²) in [6, 6.07) is 29.7. The topological polar surface area (TPSA) is 196 Å². The van der Waals surface area contributed by atoms with Gasteiger partial charge in [-0.05, 0) is 102 Å². The van der Waals surface area contributed by atoms with E-state index in [2.05, 4.69) is 16.0 Å². The second-order valence-electron chi connectivity index (χ2n) is 9.71. The van der Waals surface area contributed by atoms with Gasteiger partial charge >= 0.3 is 5.97 Å². The number of esters is 1. The van der Waals surface area contributed by atoms with Gasteiger partial charge in [0.05, 0.1) is 5.56 Å². The van der Waals surface area contributed by atoms with E-state index < -0.39 is 5.97 Å². The number of amides is 2. The molecule has 11 heteroatoms. The molecule has 5 aromatic rings. The van der Waals surface area contributed by atoms with Gasteiger partial charge in [-0.15, -0.1) is 0 Å². The second kappa shape index (κ2) is 12.6. The van der Waals surface area contributed by atoms with E-state index in [1.54, 1.807) is 109 Å². The molecular weight excluding hydrogens is 558 g/mol. The molecule has 0 heterocycles. The molecule has 0 aliphatic rings. The Morgan fingerprint density at radius 3 is 1.45 bits per heavy atom. The third kappa shape index (κ3) is 7.04. The van der Waals surface area contributed by atoms with Gasteiger partial charge in [0.15, 0.2) is 5.96 Å². The first-order valence-electron chi connectivity index (χ1n) is 13.3. The summed E-state index contributed by atoms with van der Waals surface area (Å²) in [4.78, 5) is 38.0. The predicted octanol–water partition coefficient (Wildman–Crippen LogP) is 5.15. The molecule has 0 saturated heterocycles. The Labute approximate surface area is 251 Å². The number of rotatable bonds is 8. The Morgan fingerprint density at radius 1 is 0.523 bits per heavy atom. The van der Waals surface area contributed by atoms with Crippen LogP contribution in [0.3, 0.4) is 0 Å². The molecule has 0 bridgehead atoms. The number of nitrogens with two attached hydrogens (primary N) is 2. The summed E-state index contributed by atoms with van der Waals surface area (Å²) >= 11 is 0. The molecule has 0 saturated carbocycles. The van der Waals surface area contributed by atoms with E-state index >= 15 is 0 Å². The highest BCUT2D eigenvalue weighted by atomic mass is 16.5. The predicted molar refractivity (Wildman–Crippen MR) is 171 cm³/mol. The molecule has 218 valence electrons. The number of anilines is 3. The normalized spacial score (nSPS) is 10.5. The highest BCUT2D eigenvalue weighted by Crippen LogP contribution is 2.23. The zero-order chi connectivity index (χ0) is 31.2. The molecule has 0 aromatic heterocycles. The highest BCUT2D eigenvalue weighted by Gasteiger charge is 2.12. The van der Waals surface area contributed by atoms with Crippen LogP contribution in [-0.4, -0.2) is 29.6 Å². The van der Waals surface area contributed by atoms with Crippen molar-refractivity contribution in [3.8, 4) is 5.75 Å². The Balaban J connectivity index is 1.15. The average Bonchev–Trinajstić information content (AvgIpc) is 3.01.